The quantitative estimate of drug-likeness (QED) is 0.796. The summed E-state index contributed by atoms with van der Waals surface area (Å²) in [4.78, 5) is 11.6. The molecule has 0 fully saturated rings. The highest BCUT2D eigenvalue weighted by Crippen LogP contribution is 2.35. The molecule has 15 heavy (non-hydrogen) atoms. The predicted molar refractivity (Wildman–Crippen MR) is 57.4 cm³/mol. The SMILES string of the molecule is CCCC1C(=O)Nc2cc(C#N)ccc21. The van der Waals surface area contributed by atoms with Crippen LogP contribution in [-0.2, 0) is 4.79 Å². The zero-order chi connectivity index (χ0) is 10.8. The van der Waals surface area contributed by atoms with Crippen molar-refractivity contribution in [3.05, 3.63) is 29.3 Å². The van der Waals surface area contributed by atoms with Gasteiger partial charge in [0.15, 0.2) is 0 Å². The Morgan fingerprint density at radius 3 is 3.00 bits per heavy atom. The van der Waals surface area contributed by atoms with Gasteiger partial charge >= 0.3 is 0 Å². The van der Waals surface area contributed by atoms with E-state index in [9.17, 15) is 4.79 Å². The van der Waals surface area contributed by atoms with Crippen LogP contribution in [0.3, 0.4) is 0 Å². The summed E-state index contributed by atoms with van der Waals surface area (Å²) >= 11 is 0. The summed E-state index contributed by atoms with van der Waals surface area (Å²) in [6.45, 7) is 2.06. The number of amides is 1. The van der Waals surface area contributed by atoms with Gasteiger partial charge < -0.3 is 5.32 Å². The largest absolute Gasteiger partial charge is 0.325 e. The number of fused-ring (bicyclic) bond motifs is 1. The molecule has 1 atom stereocenters. The van der Waals surface area contributed by atoms with Crippen LogP contribution in [0.1, 0.15) is 36.8 Å². The van der Waals surface area contributed by atoms with Crippen LogP contribution in [-0.4, -0.2) is 5.91 Å². The second-order valence-electron chi connectivity index (χ2n) is 3.74. The minimum Gasteiger partial charge on any atom is -0.325 e. The fourth-order valence-corrected chi connectivity index (χ4v) is 1.97. The molecule has 1 aliphatic rings. The third kappa shape index (κ3) is 1.59. The number of hydrogen-bond acceptors (Lipinski definition) is 2. The molecule has 1 unspecified atom stereocenters. The van der Waals surface area contributed by atoms with Crippen LogP contribution in [0.2, 0.25) is 0 Å². The molecule has 3 heteroatoms. The van der Waals surface area contributed by atoms with Crippen molar-refractivity contribution >= 4 is 11.6 Å². The maximum Gasteiger partial charge on any atom is 0.232 e. The van der Waals surface area contributed by atoms with Gasteiger partial charge in [-0.3, -0.25) is 4.79 Å². The first-order valence-electron chi connectivity index (χ1n) is 5.11. The average Bonchev–Trinajstić information content (AvgIpc) is 2.55. The number of nitrogens with zero attached hydrogens (tertiary/aromatic N) is 1. The van der Waals surface area contributed by atoms with Crippen LogP contribution in [0.4, 0.5) is 5.69 Å². The van der Waals surface area contributed by atoms with Gasteiger partial charge in [0.05, 0.1) is 17.6 Å². The van der Waals surface area contributed by atoms with E-state index in [1.54, 1.807) is 12.1 Å². The minimum atomic E-state index is -0.0299. The number of carbonyl (C=O) groups excluding carboxylic acids is 1. The van der Waals surface area contributed by atoms with Crippen LogP contribution in [0.5, 0.6) is 0 Å². The van der Waals surface area contributed by atoms with E-state index < -0.39 is 0 Å². The van der Waals surface area contributed by atoms with E-state index in [0.717, 1.165) is 24.1 Å². The lowest BCUT2D eigenvalue weighted by Crippen LogP contribution is -2.11. The lowest BCUT2D eigenvalue weighted by molar-refractivity contribution is -0.117. The molecule has 0 bridgehead atoms. The molecule has 0 aliphatic carbocycles. The molecular formula is C12H12N2O. The molecule has 2 rings (SSSR count). The van der Waals surface area contributed by atoms with Gasteiger partial charge in [0, 0.05) is 5.69 Å². The summed E-state index contributed by atoms with van der Waals surface area (Å²) in [5.74, 6) is 0.0275. The van der Waals surface area contributed by atoms with Crippen LogP contribution in [0, 0.1) is 11.3 Å². The van der Waals surface area contributed by atoms with Crippen molar-refractivity contribution in [2.45, 2.75) is 25.7 Å². The number of nitriles is 1. The van der Waals surface area contributed by atoms with Gasteiger partial charge in [-0.1, -0.05) is 19.4 Å². The predicted octanol–water partition coefficient (Wildman–Crippen LogP) is 2.39. The van der Waals surface area contributed by atoms with Crippen LogP contribution in [0.15, 0.2) is 18.2 Å². The second kappa shape index (κ2) is 3.74. The Hall–Kier alpha value is -1.82. The number of benzene rings is 1. The molecule has 0 radical (unpaired) electrons. The molecule has 1 aliphatic heterocycles. The number of anilines is 1. The van der Waals surface area contributed by atoms with Gasteiger partial charge in [0.1, 0.15) is 0 Å². The minimum absolute atomic E-state index is 0.0299. The fraction of sp³-hybridized carbons (Fsp3) is 0.333. The topological polar surface area (TPSA) is 52.9 Å². The smallest absolute Gasteiger partial charge is 0.232 e. The summed E-state index contributed by atoms with van der Waals surface area (Å²) in [6.07, 6.45) is 1.85. The zero-order valence-corrected chi connectivity index (χ0v) is 8.58. The second-order valence-corrected chi connectivity index (χ2v) is 3.74. The van der Waals surface area contributed by atoms with Gasteiger partial charge in [0.25, 0.3) is 0 Å². The van der Waals surface area contributed by atoms with Gasteiger partial charge in [0.2, 0.25) is 5.91 Å². The Kier molecular flexibility index (Phi) is 2.42. The average molecular weight is 200 g/mol. The highest BCUT2D eigenvalue weighted by atomic mass is 16.2. The maximum atomic E-state index is 11.6. The van der Waals surface area contributed by atoms with Crippen LogP contribution in [0.25, 0.3) is 0 Å². The van der Waals surface area contributed by atoms with Crippen molar-refractivity contribution < 1.29 is 4.79 Å². The first-order chi connectivity index (χ1) is 7.26. The van der Waals surface area contributed by atoms with E-state index in [1.165, 1.54) is 0 Å². The molecule has 0 spiro atoms. The molecule has 3 nitrogen and oxygen atoms in total. The number of hydrogen-bond donors (Lipinski definition) is 1. The molecule has 1 heterocycles. The van der Waals surface area contributed by atoms with E-state index in [2.05, 4.69) is 18.3 Å². The Morgan fingerprint density at radius 2 is 2.33 bits per heavy atom. The van der Waals surface area contributed by atoms with Crippen LogP contribution >= 0.6 is 0 Å². The van der Waals surface area contributed by atoms with E-state index in [-0.39, 0.29) is 11.8 Å². The third-order valence-corrected chi connectivity index (χ3v) is 2.71. The summed E-state index contributed by atoms with van der Waals surface area (Å²) in [7, 11) is 0. The Bertz CT molecular complexity index is 445. The van der Waals surface area contributed by atoms with Gasteiger partial charge in [-0.2, -0.15) is 5.26 Å². The molecule has 1 amide bonds. The van der Waals surface area contributed by atoms with E-state index in [4.69, 9.17) is 5.26 Å². The Labute approximate surface area is 88.7 Å². The summed E-state index contributed by atoms with van der Waals surface area (Å²) in [6, 6.07) is 7.45. The highest BCUT2D eigenvalue weighted by Gasteiger charge is 2.29. The molecule has 1 aromatic carbocycles. The van der Waals surface area contributed by atoms with E-state index >= 15 is 0 Å². The maximum absolute atomic E-state index is 11.6. The molecule has 1 N–H and O–H groups in total. The monoisotopic (exact) mass is 200 g/mol. The van der Waals surface area contributed by atoms with Crippen molar-refractivity contribution in [2.24, 2.45) is 0 Å². The van der Waals surface area contributed by atoms with Crippen molar-refractivity contribution in [3.63, 3.8) is 0 Å². The number of nitrogens with one attached hydrogen (secondary N) is 1. The fourth-order valence-electron chi connectivity index (χ4n) is 1.97. The molecule has 0 saturated carbocycles. The standard InChI is InChI=1S/C12H12N2O/c1-2-3-10-9-5-4-8(7-13)6-11(9)14-12(10)15/h4-6,10H,2-3H2,1H3,(H,14,15). The zero-order valence-electron chi connectivity index (χ0n) is 8.58. The number of carbonyl (C=O) groups is 1. The van der Waals surface area contributed by atoms with Gasteiger partial charge in [-0.05, 0) is 24.1 Å². The third-order valence-electron chi connectivity index (χ3n) is 2.71. The molecule has 1 aromatic rings. The first kappa shape index (κ1) is 9.72. The molecule has 0 saturated heterocycles. The van der Waals surface area contributed by atoms with Crippen molar-refractivity contribution in [2.75, 3.05) is 5.32 Å². The van der Waals surface area contributed by atoms with Gasteiger partial charge in [-0.15, -0.1) is 0 Å². The van der Waals surface area contributed by atoms with E-state index in [1.807, 2.05) is 6.07 Å². The van der Waals surface area contributed by atoms with Crippen molar-refractivity contribution in [1.29, 1.82) is 5.26 Å². The molecular weight excluding hydrogens is 188 g/mol. The first-order valence-corrected chi connectivity index (χ1v) is 5.11. The Morgan fingerprint density at radius 1 is 1.53 bits per heavy atom. The lowest BCUT2D eigenvalue weighted by atomic mass is 9.95. The molecule has 0 aromatic heterocycles. The summed E-state index contributed by atoms with van der Waals surface area (Å²) < 4.78 is 0. The normalized spacial score (nSPS) is 18.1. The lowest BCUT2D eigenvalue weighted by Gasteiger charge is -2.05. The summed E-state index contributed by atoms with van der Waals surface area (Å²) in [5.41, 5.74) is 2.42. The number of rotatable bonds is 2. The van der Waals surface area contributed by atoms with Crippen molar-refractivity contribution in [3.8, 4) is 6.07 Å². The van der Waals surface area contributed by atoms with E-state index in [0.29, 0.717) is 5.56 Å². The van der Waals surface area contributed by atoms with Crippen LogP contribution < -0.4 is 5.32 Å². The molecule has 76 valence electrons. The summed E-state index contributed by atoms with van der Waals surface area (Å²) in [5, 5.41) is 11.6. The van der Waals surface area contributed by atoms with Gasteiger partial charge in [-0.25, -0.2) is 0 Å². The Balaban J connectivity index is 2.39. The highest BCUT2D eigenvalue weighted by molar-refractivity contribution is 6.03. The van der Waals surface area contributed by atoms with Crippen molar-refractivity contribution in [1.82, 2.24) is 0 Å².